The summed E-state index contributed by atoms with van der Waals surface area (Å²) in [4.78, 5) is 11.4. The van der Waals surface area contributed by atoms with Crippen molar-refractivity contribution in [1.29, 1.82) is 0 Å². The van der Waals surface area contributed by atoms with Crippen LogP contribution in [-0.4, -0.2) is 11.0 Å². The normalized spacial score (nSPS) is 21.3. The van der Waals surface area contributed by atoms with Gasteiger partial charge in [0.05, 0.1) is 6.04 Å². The minimum absolute atomic E-state index is 0.0890. The molecule has 0 saturated heterocycles. The fourth-order valence-corrected chi connectivity index (χ4v) is 1.75. The second-order valence-corrected chi connectivity index (χ2v) is 3.23. The Kier molecular flexibility index (Phi) is 2.12. The quantitative estimate of drug-likeness (QED) is 0.642. The number of hydrogen-bond donors (Lipinski definition) is 2. The third kappa shape index (κ3) is 1.36. The zero-order valence-corrected chi connectivity index (χ0v) is 7.16. The second kappa shape index (κ2) is 3.28. The summed E-state index contributed by atoms with van der Waals surface area (Å²) in [5.74, 6) is 0.169. The van der Waals surface area contributed by atoms with E-state index in [4.69, 9.17) is 5.21 Å². The fraction of sp³-hybridized carbons (Fsp3) is 0.300. The van der Waals surface area contributed by atoms with Crippen molar-refractivity contribution in [2.45, 2.75) is 18.9 Å². The highest BCUT2D eigenvalue weighted by molar-refractivity contribution is 5.98. The van der Waals surface area contributed by atoms with Gasteiger partial charge < -0.3 is 5.21 Å². The van der Waals surface area contributed by atoms with Crippen LogP contribution in [0.25, 0.3) is 0 Å². The largest absolute Gasteiger partial charge is 0.316 e. The van der Waals surface area contributed by atoms with E-state index in [1.807, 2.05) is 18.2 Å². The molecule has 0 fully saturated rings. The van der Waals surface area contributed by atoms with Gasteiger partial charge in [-0.1, -0.05) is 24.3 Å². The SMILES string of the molecule is O=C1CCC(NO)c2ccccc21. The summed E-state index contributed by atoms with van der Waals surface area (Å²) in [6.07, 6.45) is 1.18. The van der Waals surface area contributed by atoms with E-state index in [0.717, 1.165) is 11.1 Å². The van der Waals surface area contributed by atoms with Gasteiger partial charge in [-0.3, -0.25) is 4.79 Å². The fourth-order valence-electron chi connectivity index (χ4n) is 1.75. The summed E-state index contributed by atoms with van der Waals surface area (Å²) in [6, 6.07) is 7.31. The number of hydrogen-bond acceptors (Lipinski definition) is 3. The number of fused-ring (bicyclic) bond motifs is 1. The predicted octanol–water partition coefficient (Wildman–Crippen LogP) is 1.68. The standard InChI is InChI=1S/C10H11NO2/c12-10-6-5-9(11-13)7-3-1-2-4-8(7)10/h1-4,9,11,13H,5-6H2. The average Bonchev–Trinajstić information content (AvgIpc) is 2.19. The van der Waals surface area contributed by atoms with Crippen LogP contribution in [0.2, 0.25) is 0 Å². The maximum absolute atomic E-state index is 11.4. The highest BCUT2D eigenvalue weighted by Gasteiger charge is 2.24. The van der Waals surface area contributed by atoms with Gasteiger partial charge in [0, 0.05) is 12.0 Å². The smallest absolute Gasteiger partial charge is 0.163 e. The first-order valence-electron chi connectivity index (χ1n) is 4.34. The summed E-state index contributed by atoms with van der Waals surface area (Å²) < 4.78 is 0. The molecule has 1 aliphatic carbocycles. The zero-order chi connectivity index (χ0) is 9.26. The van der Waals surface area contributed by atoms with Crippen molar-refractivity contribution in [2.75, 3.05) is 0 Å². The minimum Gasteiger partial charge on any atom is -0.316 e. The molecule has 0 saturated carbocycles. The van der Waals surface area contributed by atoms with Crippen LogP contribution in [-0.2, 0) is 0 Å². The predicted molar refractivity (Wildman–Crippen MR) is 47.7 cm³/mol. The van der Waals surface area contributed by atoms with E-state index in [2.05, 4.69) is 5.48 Å². The molecule has 0 aromatic heterocycles. The lowest BCUT2D eigenvalue weighted by molar-refractivity contribution is 0.0896. The lowest BCUT2D eigenvalue weighted by Crippen LogP contribution is -2.24. The molecule has 3 heteroatoms. The van der Waals surface area contributed by atoms with Crippen LogP contribution in [0.1, 0.15) is 34.8 Å². The van der Waals surface area contributed by atoms with Gasteiger partial charge in [0.1, 0.15) is 0 Å². The van der Waals surface area contributed by atoms with Crippen molar-refractivity contribution in [1.82, 2.24) is 5.48 Å². The van der Waals surface area contributed by atoms with Crippen molar-refractivity contribution < 1.29 is 10.0 Å². The molecule has 0 bridgehead atoms. The van der Waals surface area contributed by atoms with Gasteiger partial charge in [-0.2, -0.15) is 5.48 Å². The minimum atomic E-state index is -0.0890. The van der Waals surface area contributed by atoms with Crippen LogP contribution in [0.4, 0.5) is 0 Å². The number of nitrogens with one attached hydrogen (secondary N) is 1. The van der Waals surface area contributed by atoms with E-state index in [1.54, 1.807) is 6.07 Å². The molecule has 0 amide bonds. The Bertz CT molecular complexity index is 335. The van der Waals surface area contributed by atoms with Crippen molar-refractivity contribution in [3.05, 3.63) is 35.4 Å². The lowest BCUT2D eigenvalue weighted by Gasteiger charge is -2.22. The molecule has 1 aromatic carbocycles. The Labute approximate surface area is 76.3 Å². The van der Waals surface area contributed by atoms with Crippen molar-refractivity contribution >= 4 is 5.78 Å². The number of ketones is 1. The number of rotatable bonds is 1. The van der Waals surface area contributed by atoms with Gasteiger partial charge in [0.2, 0.25) is 0 Å². The van der Waals surface area contributed by atoms with Gasteiger partial charge in [-0.15, -0.1) is 0 Å². The van der Waals surface area contributed by atoms with Gasteiger partial charge in [-0.25, -0.2) is 0 Å². The molecule has 1 aliphatic rings. The Morgan fingerprint density at radius 2 is 2.15 bits per heavy atom. The molecule has 3 nitrogen and oxygen atoms in total. The molecule has 1 atom stereocenters. The highest BCUT2D eigenvalue weighted by atomic mass is 16.5. The monoisotopic (exact) mass is 177 g/mol. The van der Waals surface area contributed by atoms with Gasteiger partial charge >= 0.3 is 0 Å². The summed E-state index contributed by atoms with van der Waals surface area (Å²) in [5, 5.41) is 8.86. The summed E-state index contributed by atoms with van der Waals surface area (Å²) >= 11 is 0. The molecule has 68 valence electrons. The number of benzene rings is 1. The number of carbonyl (C=O) groups excluding carboxylic acids is 1. The average molecular weight is 177 g/mol. The van der Waals surface area contributed by atoms with Crippen LogP contribution in [0.15, 0.2) is 24.3 Å². The van der Waals surface area contributed by atoms with E-state index in [9.17, 15) is 4.79 Å². The second-order valence-electron chi connectivity index (χ2n) is 3.23. The first kappa shape index (κ1) is 8.41. The third-order valence-corrected chi connectivity index (χ3v) is 2.45. The molecule has 2 rings (SSSR count). The summed E-state index contributed by atoms with van der Waals surface area (Å²) in [6.45, 7) is 0. The summed E-state index contributed by atoms with van der Waals surface area (Å²) in [5.41, 5.74) is 3.87. The van der Waals surface area contributed by atoms with Crippen molar-refractivity contribution in [3.63, 3.8) is 0 Å². The first-order chi connectivity index (χ1) is 6.33. The van der Waals surface area contributed by atoms with Crippen molar-refractivity contribution in [3.8, 4) is 0 Å². The van der Waals surface area contributed by atoms with Crippen LogP contribution in [0, 0.1) is 0 Å². The molecule has 1 unspecified atom stereocenters. The number of Topliss-reactive ketones (excluding diaryl/α,β-unsaturated/α-hetero) is 1. The topological polar surface area (TPSA) is 49.3 Å². The Balaban J connectivity index is 2.47. The number of carbonyl (C=O) groups is 1. The first-order valence-corrected chi connectivity index (χ1v) is 4.34. The molecule has 0 heterocycles. The third-order valence-electron chi connectivity index (χ3n) is 2.45. The molecular weight excluding hydrogens is 166 g/mol. The van der Waals surface area contributed by atoms with E-state index < -0.39 is 0 Å². The van der Waals surface area contributed by atoms with Crippen molar-refractivity contribution in [2.24, 2.45) is 0 Å². The van der Waals surface area contributed by atoms with Gasteiger partial charge in [0.25, 0.3) is 0 Å². The zero-order valence-electron chi connectivity index (χ0n) is 7.16. The summed E-state index contributed by atoms with van der Waals surface area (Å²) in [7, 11) is 0. The molecule has 2 N–H and O–H groups in total. The lowest BCUT2D eigenvalue weighted by atomic mass is 9.87. The highest BCUT2D eigenvalue weighted by Crippen LogP contribution is 2.28. The maximum atomic E-state index is 11.4. The van der Waals surface area contributed by atoms with Crippen LogP contribution in [0.5, 0.6) is 0 Å². The molecule has 13 heavy (non-hydrogen) atoms. The van der Waals surface area contributed by atoms with E-state index >= 15 is 0 Å². The van der Waals surface area contributed by atoms with Crippen LogP contribution in [0.3, 0.4) is 0 Å². The van der Waals surface area contributed by atoms with Crippen LogP contribution >= 0.6 is 0 Å². The van der Waals surface area contributed by atoms with E-state index in [1.165, 1.54) is 0 Å². The molecule has 0 spiro atoms. The maximum Gasteiger partial charge on any atom is 0.163 e. The molecule has 0 aliphatic heterocycles. The molecular formula is C10H11NO2. The Hall–Kier alpha value is -1.19. The van der Waals surface area contributed by atoms with Gasteiger partial charge in [-0.05, 0) is 12.0 Å². The van der Waals surface area contributed by atoms with Crippen LogP contribution < -0.4 is 5.48 Å². The van der Waals surface area contributed by atoms with E-state index in [-0.39, 0.29) is 11.8 Å². The molecule has 0 radical (unpaired) electrons. The van der Waals surface area contributed by atoms with Gasteiger partial charge in [0.15, 0.2) is 5.78 Å². The Morgan fingerprint density at radius 3 is 2.92 bits per heavy atom. The number of hydroxylamine groups is 1. The Morgan fingerprint density at radius 1 is 1.38 bits per heavy atom. The van der Waals surface area contributed by atoms with E-state index in [0.29, 0.717) is 12.8 Å². The molecule has 1 aromatic rings.